The fourth-order valence-electron chi connectivity index (χ4n) is 3.50. The normalized spacial score (nSPS) is 24.7. The molecule has 2 nitrogen and oxygen atoms in total. The van der Waals surface area contributed by atoms with Crippen LogP contribution >= 0.6 is 0 Å². The zero-order valence-electron chi connectivity index (χ0n) is 11.5. The molecule has 0 aliphatic heterocycles. The van der Waals surface area contributed by atoms with E-state index in [1.165, 1.54) is 42.0 Å². The zero-order chi connectivity index (χ0) is 13.2. The molecular formula is C17H22N2. The first-order valence-electron chi connectivity index (χ1n) is 7.37. The third-order valence-electron chi connectivity index (χ3n) is 4.74. The van der Waals surface area contributed by atoms with E-state index in [0.717, 1.165) is 5.92 Å². The molecule has 0 spiro atoms. The first kappa shape index (κ1) is 12.6. The smallest absolute Gasteiger partial charge is 0.0346 e. The Bertz CT molecular complexity index is 559. The van der Waals surface area contributed by atoms with Gasteiger partial charge < -0.3 is 5.73 Å². The number of nitrogens with zero attached hydrogens (tertiary/aromatic N) is 1. The second-order valence-electron chi connectivity index (χ2n) is 5.82. The molecule has 1 fully saturated rings. The van der Waals surface area contributed by atoms with Crippen molar-refractivity contribution in [2.45, 2.75) is 38.6 Å². The van der Waals surface area contributed by atoms with Gasteiger partial charge in [0.1, 0.15) is 0 Å². The maximum Gasteiger partial charge on any atom is 0.0346 e. The maximum absolute atomic E-state index is 6.56. The third-order valence-corrected chi connectivity index (χ3v) is 4.74. The van der Waals surface area contributed by atoms with Crippen molar-refractivity contribution >= 4 is 10.8 Å². The predicted molar refractivity (Wildman–Crippen MR) is 79.8 cm³/mol. The van der Waals surface area contributed by atoms with Crippen LogP contribution in [0.25, 0.3) is 10.8 Å². The molecule has 100 valence electrons. The van der Waals surface area contributed by atoms with Crippen LogP contribution in [-0.4, -0.2) is 4.98 Å². The highest BCUT2D eigenvalue weighted by Crippen LogP contribution is 2.40. The van der Waals surface area contributed by atoms with Crippen molar-refractivity contribution in [2.75, 3.05) is 0 Å². The zero-order valence-corrected chi connectivity index (χ0v) is 11.5. The molecule has 2 N–H and O–H groups in total. The quantitative estimate of drug-likeness (QED) is 0.897. The summed E-state index contributed by atoms with van der Waals surface area (Å²) in [4.78, 5) is 4.20. The average molecular weight is 254 g/mol. The minimum absolute atomic E-state index is 0.169. The van der Waals surface area contributed by atoms with Gasteiger partial charge in [-0.25, -0.2) is 0 Å². The Morgan fingerprint density at radius 1 is 1.32 bits per heavy atom. The fourth-order valence-corrected chi connectivity index (χ4v) is 3.50. The van der Waals surface area contributed by atoms with Crippen molar-refractivity contribution in [2.24, 2.45) is 17.6 Å². The second-order valence-corrected chi connectivity index (χ2v) is 5.82. The van der Waals surface area contributed by atoms with Gasteiger partial charge in [-0.05, 0) is 41.7 Å². The van der Waals surface area contributed by atoms with Crippen LogP contribution in [0.5, 0.6) is 0 Å². The van der Waals surface area contributed by atoms with Crippen LogP contribution in [0.4, 0.5) is 0 Å². The largest absolute Gasteiger partial charge is 0.324 e. The van der Waals surface area contributed by atoms with Gasteiger partial charge in [-0.1, -0.05) is 38.0 Å². The van der Waals surface area contributed by atoms with Gasteiger partial charge in [0.15, 0.2) is 0 Å². The molecule has 1 aliphatic carbocycles. The van der Waals surface area contributed by atoms with Crippen LogP contribution in [0.15, 0.2) is 36.7 Å². The summed E-state index contributed by atoms with van der Waals surface area (Å²) in [5, 5.41) is 2.46. The van der Waals surface area contributed by atoms with Crippen molar-refractivity contribution in [3.63, 3.8) is 0 Å². The highest BCUT2D eigenvalue weighted by atomic mass is 14.7. The summed E-state index contributed by atoms with van der Waals surface area (Å²) in [6.45, 7) is 2.29. The Hall–Kier alpha value is -1.41. The van der Waals surface area contributed by atoms with E-state index in [9.17, 15) is 0 Å². The van der Waals surface area contributed by atoms with E-state index in [1.54, 1.807) is 0 Å². The highest BCUT2D eigenvalue weighted by Gasteiger charge is 2.29. The van der Waals surface area contributed by atoms with Crippen molar-refractivity contribution in [3.05, 3.63) is 42.2 Å². The van der Waals surface area contributed by atoms with Crippen LogP contribution in [-0.2, 0) is 0 Å². The van der Waals surface area contributed by atoms with Crippen molar-refractivity contribution in [3.8, 4) is 0 Å². The number of benzene rings is 1. The summed E-state index contributed by atoms with van der Waals surface area (Å²) in [5.41, 5.74) is 7.86. The molecule has 0 saturated heterocycles. The van der Waals surface area contributed by atoms with E-state index >= 15 is 0 Å². The Morgan fingerprint density at radius 2 is 2.21 bits per heavy atom. The van der Waals surface area contributed by atoms with Gasteiger partial charge in [-0.2, -0.15) is 0 Å². The SMILES string of the molecule is CCC1CCC(C(N)c2cccc3cnccc23)C1. The molecular weight excluding hydrogens is 232 g/mol. The van der Waals surface area contributed by atoms with Crippen molar-refractivity contribution in [1.29, 1.82) is 0 Å². The second kappa shape index (κ2) is 5.30. The standard InChI is InChI=1S/C17H22N2/c1-2-12-6-7-13(10-12)17(18)16-5-3-4-14-11-19-9-8-15(14)16/h3-5,8-9,11-13,17H,2,6-7,10,18H2,1H3. The number of pyridine rings is 1. The minimum atomic E-state index is 0.169. The lowest BCUT2D eigenvalue weighted by Gasteiger charge is -2.21. The maximum atomic E-state index is 6.56. The monoisotopic (exact) mass is 254 g/mol. The number of rotatable bonds is 3. The summed E-state index contributed by atoms with van der Waals surface area (Å²) in [7, 11) is 0. The Kier molecular flexibility index (Phi) is 3.52. The summed E-state index contributed by atoms with van der Waals surface area (Å²) in [6.07, 6.45) is 9.00. The van der Waals surface area contributed by atoms with E-state index in [1.807, 2.05) is 12.4 Å². The average Bonchev–Trinajstić information content (AvgIpc) is 2.95. The highest BCUT2D eigenvalue weighted by molar-refractivity contribution is 5.85. The molecule has 2 heteroatoms. The number of aromatic nitrogens is 1. The molecule has 2 aromatic rings. The van der Waals surface area contributed by atoms with Crippen LogP contribution in [0.1, 0.15) is 44.2 Å². The molecule has 19 heavy (non-hydrogen) atoms. The number of hydrogen-bond acceptors (Lipinski definition) is 2. The van der Waals surface area contributed by atoms with Gasteiger partial charge in [-0.3, -0.25) is 4.98 Å². The number of nitrogens with two attached hydrogens (primary N) is 1. The van der Waals surface area contributed by atoms with Crippen LogP contribution in [0, 0.1) is 11.8 Å². The molecule has 3 rings (SSSR count). The fraction of sp³-hybridized carbons (Fsp3) is 0.471. The van der Waals surface area contributed by atoms with E-state index < -0.39 is 0 Å². The molecule has 3 atom stereocenters. The topological polar surface area (TPSA) is 38.9 Å². The van der Waals surface area contributed by atoms with Crippen LogP contribution in [0.2, 0.25) is 0 Å². The molecule has 1 heterocycles. The van der Waals surface area contributed by atoms with Gasteiger partial charge >= 0.3 is 0 Å². The Balaban J connectivity index is 1.92. The molecule has 0 bridgehead atoms. The summed E-state index contributed by atoms with van der Waals surface area (Å²) >= 11 is 0. The lowest BCUT2D eigenvalue weighted by molar-refractivity contribution is 0.418. The Morgan fingerprint density at radius 3 is 3.00 bits per heavy atom. The molecule has 0 amide bonds. The summed E-state index contributed by atoms with van der Waals surface area (Å²) < 4.78 is 0. The van der Waals surface area contributed by atoms with Gasteiger partial charge in [0.2, 0.25) is 0 Å². The first-order valence-corrected chi connectivity index (χ1v) is 7.37. The Labute approximate surface area is 115 Å². The molecule has 3 unspecified atom stereocenters. The van der Waals surface area contributed by atoms with E-state index in [2.05, 4.69) is 36.2 Å². The summed E-state index contributed by atoms with van der Waals surface area (Å²) in [6, 6.07) is 8.67. The van der Waals surface area contributed by atoms with Crippen LogP contribution < -0.4 is 5.73 Å². The van der Waals surface area contributed by atoms with Gasteiger partial charge in [0, 0.05) is 23.8 Å². The van der Waals surface area contributed by atoms with Crippen LogP contribution in [0.3, 0.4) is 0 Å². The van der Waals surface area contributed by atoms with Gasteiger partial charge in [0.25, 0.3) is 0 Å². The third kappa shape index (κ3) is 2.37. The lowest BCUT2D eigenvalue weighted by atomic mass is 9.89. The molecule has 1 saturated carbocycles. The van der Waals surface area contributed by atoms with Crippen molar-refractivity contribution < 1.29 is 0 Å². The first-order chi connectivity index (χ1) is 9.29. The van der Waals surface area contributed by atoms with Gasteiger partial charge in [0.05, 0.1) is 0 Å². The molecule has 0 radical (unpaired) electrons. The van der Waals surface area contributed by atoms with E-state index in [0.29, 0.717) is 5.92 Å². The van der Waals surface area contributed by atoms with E-state index in [4.69, 9.17) is 5.73 Å². The molecule has 1 aromatic carbocycles. The van der Waals surface area contributed by atoms with Gasteiger partial charge in [-0.15, -0.1) is 0 Å². The number of fused-ring (bicyclic) bond motifs is 1. The molecule has 1 aromatic heterocycles. The predicted octanol–water partition coefficient (Wildman–Crippen LogP) is 4.06. The lowest BCUT2D eigenvalue weighted by Crippen LogP contribution is -2.19. The number of hydrogen-bond donors (Lipinski definition) is 1. The van der Waals surface area contributed by atoms with Crippen molar-refractivity contribution in [1.82, 2.24) is 4.98 Å². The van der Waals surface area contributed by atoms with E-state index in [-0.39, 0.29) is 6.04 Å². The summed E-state index contributed by atoms with van der Waals surface area (Å²) in [5.74, 6) is 1.52. The molecule has 1 aliphatic rings. The minimum Gasteiger partial charge on any atom is -0.324 e.